The van der Waals surface area contributed by atoms with Gasteiger partial charge in [-0.15, -0.1) is 0 Å². The highest BCUT2D eigenvalue weighted by molar-refractivity contribution is 5.27. The molecular weight excluding hydrogens is 292 g/mol. The molecule has 0 saturated carbocycles. The number of rotatable bonds is 8. The molecule has 0 radical (unpaired) electrons. The molecule has 1 aliphatic rings. The van der Waals surface area contributed by atoms with Crippen molar-refractivity contribution in [3.05, 3.63) is 29.8 Å². The van der Waals surface area contributed by atoms with Gasteiger partial charge in [-0.2, -0.15) is 0 Å². The zero-order valence-electron chi connectivity index (χ0n) is 14.6. The molecule has 1 saturated heterocycles. The van der Waals surface area contributed by atoms with Crippen molar-refractivity contribution in [3.63, 3.8) is 0 Å². The Morgan fingerprint density at radius 1 is 1.22 bits per heavy atom. The molecule has 0 aliphatic carbocycles. The lowest BCUT2D eigenvalue weighted by Crippen LogP contribution is -2.43. The summed E-state index contributed by atoms with van der Waals surface area (Å²) in [5.74, 6) is 0.902. The number of morpholine rings is 1. The quantitative estimate of drug-likeness (QED) is 0.788. The summed E-state index contributed by atoms with van der Waals surface area (Å²) in [6.07, 6.45) is -0.138. The van der Waals surface area contributed by atoms with Crippen molar-refractivity contribution in [2.45, 2.75) is 32.6 Å². The second kappa shape index (κ2) is 9.23. The van der Waals surface area contributed by atoms with Crippen LogP contribution >= 0.6 is 0 Å². The van der Waals surface area contributed by atoms with Crippen LogP contribution in [0.3, 0.4) is 0 Å². The summed E-state index contributed by atoms with van der Waals surface area (Å²) >= 11 is 0. The number of aliphatic hydroxyl groups excluding tert-OH is 1. The Hall–Kier alpha value is -1.14. The third kappa shape index (κ3) is 6.87. The van der Waals surface area contributed by atoms with Gasteiger partial charge < -0.3 is 14.6 Å². The molecule has 0 bridgehead atoms. The number of hydrogen-bond donors (Lipinski definition) is 1. The second-order valence-corrected chi connectivity index (χ2v) is 6.57. The minimum atomic E-state index is -0.332. The van der Waals surface area contributed by atoms with Gasteiger partial charge in [-0.05, 0) is 38.6 Å². The summed E-state index contributed by atoms with van der Waals surface area (Å²) in [6, 6.07) is 8.19. The Kier molecular flexibility index (Phi) is 7.30. The number of nitrogens with zero attached hydrogens (tertiary/aromatic N) is 2. The van der Waals surface area contributed by atoms with Gasteiger partial charge >= 0.3 is 0 Å². The normalized spacial score (nSPS) is 17.7. The molecule has 1 unspecified atom stereocenters. The van der Waals surface area contributed by atoms with Crippen LogP contribution < -0.4 is 4.74 Å². The minimum Gasteiger partial charge on any atom is -0.491 e. The standard InChI is InChI=1S/C18H30N2O3/c1-15(2)23-18-6-4-16(5-7-18)12-19(3)13-17(21)14-20-8-10-22-11-9-20/h4-7,15,17,21H,8-14H2,1-3H3. The maximum absolute atomic E-state index is 10.2. The highest BCUT2D eigenvalue weighted by Gasteiger charge is 2.16. The van der Waals surface area contributed by atoms with Gasteiger partial charge in [0, 0.05) is 32.7 Å². The van der Waals surface area contributed by atoms with E-state index in [1.165, 1.54) is 5.56 Å². The minimum absolute atomic E-state index is 0.193. The molecule has 1 atom stereocenters. The zero-order valence-corrected chi connectivity index (χ0v) is 14.6. The zero-order chi connectivity index (χ0) is 16.7. The van der Waals surface area contributed by atoms with Gasteiger partial charge in [-0.25, -0.2) is 0 Å². The van der Waals surface area contributed by atoms with E-state index in [1.54, 1.807) is 0 Å². The van der Waals surface area contributed by atoms with E-state index < -0.39 is 0 Å². The summed E-state index contributed by atoms with van der Waals surface area (Å²) in [5.41, 5.74) is 1.22. The van der Waals surface area contributed by atoms with E-state index in [0.717, 1.165) is 45.1 Å². The van der Waals surface area contributed by atoms with E-state index in [4.69, 9.17) is 9.47 Å². The van der Waals surface area contributed by atoms with Crippen LogP contribution in [0.5, 0.6) is 5.75 Å². The number of benzene rings is 1. The van der Waals surface area contributed by atoms with Gasteiger partial charge in [0.25, 0.3) is 0 Å². The van der Waals surface area contributed by atoms with E-state index in [0.29, 0.717) is 6.54 Å². The third-order valence-corrected chi connectivity index (χ3v) is 3.84. The predicted molar refractivity (Wildman–Crippen MR) is 91.8 cm³/mol. The van der Waals surface area contributed by atoms with Gasteiger partial charge in [0.05, 0.1) is 25.4 Å². The average molecular weight is 322 g/mol. The molecule has 0 aromatic heterocycles. The maximum Gasteiger partial charge on any atom is 0.119 e. The fraction of sp³-hybridized carbons (Fsp3) is 0.667. The van der Waals surface area contributed by atoms with Crippen molar-refractivity contribution >= 4 is 0 Å². The van der Waals surface area contributed by atoms with Crippen molar-refractivity contribution in [2.24, 2.45) is 0 Å². The fourth-order valence-corrected chi connectivity index (χ4v) is 2.82. The van der Waals surface area contributed by atoms with Crippen molar-refractivity contribution in [1.29, 1.82) is 0 Å². The molecule has 2 rings (SSSR count). The first-order valence-corrected chi connectivity index (χ1v) is 8.45. The Bertz CT molecular complexity index is 444. The van der Waals surface area contributed by atoms with Crippen LogP contribution in [-0.4, -0.2) is 73.6 Å². The van der Waals surface area contributed by atoms with Crippen molar-refractivity contribution < 1.29 is 14.6 Å². The summed E-state index contributed by atoms with van der Waals surface area (Å²) in [6.45, 7) is 9.63. The van der Waals surface area contributed by atoms with Crippen LogP contribution in [-0.2, 0) is 11.3 Å². The molecule has 1 fully saturated rings. The molecule has 1 aliphatic heterocycles. The molecule has 130 valence electrons. The van der Waals surface area contributed by atoms with Crippen LogP contribution in [0.15, 0.2) is 24.3 Å². The van der Waals surface area contributed by atoms with Crippen LogP contribution in [0, 0.1) is 0 Å². The predicted octanol–water partition coefficient (Wildman–Crippen LogP) is 1.60. The lowest BCUT2D eigenvalue weighted by atomic mass is 10.2. The second-order valence-electron chi connectivity index (χ2n) is 6.57. The molecule has 0 spiro atoms. The SMILES string of the molecule is CC(C)Oc1ccc(CN(C)CC(O)CN2CCOCC2)cc1. The average Bonchev–Trinajstić information content (AvgIpc) is 2.49. The van der Waals surface area contributed by atoms with E-state index in [9.17, 15) is 5.11 Å². The number of likely N-dealkylation sites (N-methyl/N-ethyl adjacent to an activating group) is 1. The van der Waals surface area contributed by atoms with Crippen LogP contribution in [0.4, 0.5) is 0 Å². The van der Waals surface area contributed by atoms with E-state index in [2.05, 4.69) is 21.9 Å². The maximum atomic E-state index is 10.2. The first-order chi connectivity index (χ1) is 11.0. The first-order valence-electron chi connectivity index (χ1n) is 8.45. The van der Waals surface area contributed by atoms with Crippen LogP contribution in [0.2, 0.25) is 0 Å². The monoisotopic (exact) mass is 322 g/mol. The van der Waals surface area contributed by atoms with Crippen molar-refractivity contribution in [3.8, 4) is 5.75 Å². The highest BCUT2D eigenvalue weighted by Crippen LogP contribution is 2.15. The summed E-state index contributed by atoms with van der Waals surface area (Å²) in [7, 11) is 2.04. The van der Waals surface area contributed by atoms with Gasteiger partial charge in [0.2, 0.25) is 0 Å². The molecule has 1 aromatic rings. The Morgan fingerprint density at radius 3 is 2.48 bits per heavy atom. The summed E-state index contributed by atoms with van der Waals surface area (Å²) < 4.78 is 11.0. The van der Waals surface area contributed by atoms with E-state index >= 15 is 0 Å². The van der Waals surface area contributed by atoms with Gasteiger partial charge in [-0.3, -0.25) is 9.80 Å². The molecule has 5 heteroatoms. The van der Waals surface area contributed by atoms with Crippen LogP contribution in [0.1, 0.15) is 19.4 Å². The molecule has 1 aromatic carbocycles. The number of hydrogen-bond acceptors (Lipinski definition) is 5. The van der Waals surface area contributed by atoms with Crippen molar-refractivity contribution in [1.82, 2.24) is 9.80 Å². The lowest BCUT2D eigenvalue weighted by molar-refractivity contribution is 0.00825. The lowest BCUT2D eigenvalue weighted by Gasteiger charge is -2.30. The van der Waals surface area contributed by atoms with Crippen molar-refractivity contribution in [2.75, 3.05) is 46.4 Å². The topological polar surface area (TPSA) is 45.2 Å². The molecule has 1 heterocycles. The van der Waals surface area contributed by atoms with Gasteiger partial charge in [0.15, 0.2) is 0 Å². The van der Waals surface area contributed by atoms with E-state index in [1.807, 2.05) is 33.0 Å². The Labute approximate surface area is 139 Å². The van der Waals surface area contributed by atoms with Crippen LogP contribution in [0.25, 0.3) is 0 Å². The third-order valence-electron chi connectivity index (χ3n) is 3.84. The fourth-order valence-electron chi connectivity index (χ4n) is 2.82. The summed E-state index contributed by atoms with van der Waals surface area (Å²) in [5, 5.41) is 10.2. The highest BCUT2D eigenvalue weighted by atomic mass is 16.5. The Morgan fingerprint density at radius 2 is 1.87 bits per heavy atom. The molecule has 0 amide bonds. The van der Waals surface area contributed by atoms with Gasteiger partial charge in [0.1, 0.15) is 5.75 Å². The Balaban J connectivity index is 1.73. The number of β-amino-alcohol motifs (C(OH)–C–C–N with tert-alkyl or cyclic N) is 1. The number of ether oxygens (including phenoxy) is 2. The molecule has 23 heavy (non-hydrogen) atoms. The molecular formula is C18H30N2O3. The largest absolute Gasteiger partial charge is 0.491 e. The summed E-state index contributed by atoms with van der Waals surface area (Å²) in [4.78, 5) is 4.42. The smallest absolute Gasteiger partial charge is 0.119 e. The molecule has 1 N–H and O–H groups in total. The van der Waals surface area contributed by atoms with E-state index in [-0.39, 0.29) is 12.2 Å². The molecule has 5 nitrogen and oxygen atoms in total. The first kappa shape index (κ1) is 18.2. The number of aliphatic hydroxyl groups is 1. The van der Waals surface area contributed by atoms with Gasteiger partial charge in [-0.1, -0.05) is 12.1 Å².